The number of carbonyl (C=O) groups excluding carboxylic acids is 1. The van der Waals surface area contributed by atoms with Gasteiger partial charge in [-0.15, -0.1) is 0 Å². The van der Waals surface area contributed by atoms with Gasteiger partial charge in [-0.25, -0.2) is 9.48 Å². The molecule has 0 atom stereocenters. The minimum atomic E-state index is -0.473. The van der Waals surface area contributed by atoms with Crippen molar-refractivity contribution in [3.63, 3.8) is 0 Å². The Morgan fingerprint density at radius 1 is 0.946 bits per heavy atom. The Morgan fingerprint density at radius 2 is 1.70 bits per heavy atom. The van der Waals surface area contributed by atoms with Crippen LogP contribution in [0.25, 0.3) is 23.0 Å². The summed E-state index contributed by atoms with van der Waals surface area (Å²) in [5.74, 6) is 2.32. The first-order valence-electron chi connectivity index (χ1n) is 11.9. The predicted molar refractivity (Wildman–Crippen MR) is 138 cm³/mol. The van der Waals surface area contributed by atoms with Crippen molar-refractivity contribution in [3.8, 4) is 39.9 Å². The van der Waals surface area contributed by atoms with Crippen molar-refractivity contribution < 1.29 is 28.5 Å². The molecule has 0 N–H and O–H groups in total. The lowest BCUT2D eigenvalue weighted by Gasteiger charge is -2.18. The summed E-state index contributed by atoms with van der Waals surface area (Å²) >= 11 is 0. The van der Waals surface area contributed by atoms with Gasteiger partial charge >= 0.3 is 5.97 Å². The van der Waals surface area contributed by atoms with Crippen molar-refractivity contribution in [2.45, 2.75) is 0 Å². The maximum Gasteiger partial charge on any atom is 0.330 e. The Balaban J connectivity index is 1.28. The zero-order valence-electron chi connectivity index (χ0n) is 20.3. The molecule has 0 fully saturated rings. The van der Waals surface area contributed by atoms with Gasteiger partial charge in [-0.05, 0) is 60.7 Å². The number of carbonyl (C=O) groups is 1. The number of para-hydroxylation sites is 1. The number of aromatic nitrogens is 2. The van der Waals surface area contributed by atoms with Crippen LogP contribution >= 0.6 is 0 Å². The molecule has 188 valence electrons. The zero-order chi connectivity index (χ0) is 25.5. The first kappa shape index (κ1) is 24.0. The van der Waals surface area contributed by atoms with Crippen LogP contribution in [-0.4, -0.2) is 49.3 Å². The van der Waals surface area contributed by atoms with Crippen LogP contribution in [0, 0.1) is 0 Å². The third-order valence-corrected chi connectivity index (χ3v) is 5.63. The predicted octanol–water partition coefficient (Wildman–Crippen LogP) is 4.95. The largest absolute Gasteiger partial charge is 0.497 e. The molecule has 0 spiro atoms. The number of fused-ring (bicyclic) bond motifs is 1. The summed E-state index contributed by atoms with van der Waals surface area (Å²) in [5.41, 5.74) is 3.21. The number of rotatable bonds is 9. The van der Waals surface area contributed by atoms with Crippen LogP contribution < -0.4 is 18.9 Å². The smallest absolute Gasteiger partial charge is 0.330 e. The number of nitrogens with zero attached hydrogens (tertiary/aromatic N) is 2. The first-order chi connectivity index (χ1) is 18.2. The summed E-state index contributed by atoms with van der Waals surface area (Å²) in [5, 5.41) is 4.79. The van der Waals surface area contributed by atoms with Gasteiger partial charge in [0.25, 0.3) is 0 Å². The molecule has 0 unspecified atom stereocenters. The average Bonchev–Trinajstić information content (AvgIpc) is 3.39. The molecule has 8 nitrogen and oxygen atoms in total. The van der Waals surface area contributed by atoms with Gasteiger partial charge in [-0.2, -0.15) is 5.10 Å². The molecule has 5 rings (SSSR count). The minimum absolute atomic E-state index is 0.119. The van der Waals surface area contributed by atoms with Gasteiger partial charge < -0.3 is 23.7 Å². The lowest BCUT2D eigenvalue weighted by molar-refractivity contribution is -0.138. The Bertz CT molecular complexity index is 1380. The Hall–Kier alpha value is -4.72. The fraction of sp³-hybridized carbons (Fsp3) is 0.172. The fourth-order valence-corrected chi connectivity index (χ4v) is 3.82. The molecular formula is C29H26N2O6. The molecule has 0 aliphatic carbocycles. The van der Waals surface area contributed by atoms with Crippen LogP contribution in [0.1, 0.15) is 5.56 Å². The van der Waals surface area contributed by atoms with Crippen molar-refractivity contribution in [1.29, 1.82) is 0 Å². The van der Waals surface area contributed by atoms with Crippen molar-refractivity contribution >= 4 is 12.0 Å². The molecule has 4 aromatic rings. The van der Waals surface area contributed by atoms with Gasteiger partial charge in [0.15, 0.2) is 11.5 Å². The number of hydrogen-bond acceptors (Lipinski definition) is 7. The second kappa shape index (κ2) is 11.3. The zero-order valence-corrected chi connectivity index (χ0v) is 20.3. The van der Waals surface area contributed by atoms with E-state index in [1.807, 2.05) is 54.7 Å². The van der Waals surface area contributed by atoms with E-state index in [9.17, 15) is 4.79 Å². The van der Waals surface area contributed by atoms with E-state index in [-0.39, 0.29) is 13.2 Å². The summed E-state index contributed by atoms with van der Waals surface area (Å²) in [7, 11) is 1.61. The fourth-order valence-electron chi connectivity index (χ4n) is 3.82. The molecule has 37 heavy (non-hydrogen) atoms. The van der Waals surface area contributed by atoms with E-state index in [4.69, 9.17) is 28.8 Å². The van der Waals surface area contributed by atoms with Crippen molar-refractivity contribution in [1.82, 2.24) is 9.78 Å². The summed E-state index contributed by atoms with van der Waals surface area (Å²) in [4.78, 5) is 12.4. The Kier molecular flexibility index (Phi) is 7.36. The first-order valence-corrected chi connectivity index (χ1v) is 11.9. The summed E-state index contributed by atoms with van der Waals surface area (Å²) in [6.07, 6.45) is 4.96. The highest BCUT2D eigenvalue weighted by atomic mass is 16.6. The van der Waals surface area contributed by atoms with E-state index in [1.165, 1.54) is 6.08 Å². The van der Waals surface area contributed by atoms with E-state index in [0.717, 1.165) is 22.6 Å². The highest BCUT2D eigenvalue weighted by molar-refractivity contribution is 5.88. The standard InChI is InChI=1S/C29H26N2O6/c1-33-24-9-11-25(12-10-24)34-15-18-37-28(32)14-8-22-20-31(23-5-3-2-4-6-23)30-29(22)21-7-13-26-27(19-21)36-17-16-35-26/h2-14,19-20H,15-18H2,1H3. The van der Waals surface area contributed by atoms with Crippen molar-refractivity contribution in [3.05, 3.63) is 90.6 Å². The van der Waals surface area contributed by atoms with Gasteiger partial charge in [-0.3, -0.25) is 0 Å². The van der Waals surface area contributed by atoms with Crippen molar-refractivity contribution in [2.24, 2.45) is 0 Å². The van der Waals surface area contributed by atoms with Crippen LogP contribution in [0.4, 0.5) is 0 Å². The van der Waals surface area contributed by atoms with Gasteiger partial charge in [0, 0.05) is 23.4 Å². The normalized spacial score (nSPS) is 12.4. The van der Waals surface area contributed by atoms with Gasteiger partial charge in [0.05, 0.1) is 12.8 Å². The van der Waals surface area contributed by atoms with E-state index in [2.05, 4.69) is 0 Å². The Morgan fingerprint density at radius 3 is 2.49 bits per heavy atom. The summed E-state index contributed by atoms with van der Waals surface area (Å²) in [6.45, 7) is 1.37. The summed E-state index contributed by atoms with van der Waals surface area (Å²) < 4.78 is 29.2. The van der Waals surface area contributed by atoms with Crippen LogP contribution in [0.5, 0.6) is 23.0 Å². The number of methoxy groups -OCH3 is 1. The lowest BCUT2D eigenvalue weighted by Crippen LogP contribution is -2.15. The quantitative estimate of drug-likeness (QED) is 0.183. The highest BCUT2D eigenvalue weighted by Gasteiger charge is 2.16. The molecule has 1 aliphatic rings. The molecule has 2 heterocycles. The number of benzene rings is 3. The topological polar surface area (TPSA) is 81.0 Å². The maximum absolute atomic E-state index is 12.4. The van der Waals surface area contributed by atoms with E-state index >= 15 is 0 Å². The van der Waals surface area contributed by atoms with E-state index < -0.39 is 5.97 Å². The molecule has 0 saturated carbocycles. The molecule has 0 amide bonds. The van der Waals surface area contributed by atoms with Crippen LogP contribution in [-0.2, 0) is 9.53 Å². The van der Waals surface area contributed by atoms with Crippen LogP contribution in [0.3, 0.4) is 0 Å². The molecule has 0 radical (unpaired) electrons. The molecular weight excluding hydrogens is 472 g/mol. The molecule has 8 heteroatoms. The molecule has 0 bridgehead atoms. The average molecular weight is 499 g/mol. The third-order valence-electron chi connectivity index (χ3n) is 5.63. The lowest BCUT2D eigenvalue weighted by atomic mass is 10.1. The second-order valence-corrected chi connectivity index (χ2v) is 8.10. The second-order valence-electron chi connectivity index (χ2n) is 8.10. The van der Waals surface area contributed by atoms with E-state index in [0.29, 0.717) is 36.2 Å². The molecule has 3 aromatic carbocycles. The highest BCUT2D eigenvalue weighted by Crippen LogP contribution is 2.35. The molecule has 0 saturated heterocycles. The SMILES string of the molecule is COc1ccc(OCCOC(=O)C=Cc2cn(-c3ccccc3)nc2-c2ccc3c(c2)OCCO3)cc1. The Labute approximate surface area is 214 Å². The van der Waals surface area contributed by atoms with E-state index in [1.54, 1.807) is 42.1 Å². The van der Waals surface area contributed by atoms with Gasteiger partial charge in [0.1, 0.15) is 43.6 Å². The number of esters is 1. The minimum Gasteiger partial charge on any atom is -0.497 e. The number of ether oxygens (including phenoxy) is 5. The van der Waals surface area contributed by atoms with Gasteiger partial charge in [-0.1, -0.05) is 18.2 Å². The molecule has 1 aliphatic heterocycles. The van der Waals surface area contributed by atoms with Crippen molar-refractivity contribution in [2.75, 3.05) is 33.5 Å². The van der Waals surface area contributed by atoms with Crippen LogP contribution in [0.15, 0.2) is 85.1 Å². The maximum atomic E-state index is 12.4. The summed E-state index contributed by atoms with van der Waals surface area (Å²) in [6, 6.07) is 22.7. The van der Waals surface area contributed by atoms with Gasteiger partial charge in [0.2, 0.25) is 0 Å². The molecule has 1 aromatic heterocycles. The van der Waals surface area contributed by atoms with Crippen LogP contribution in [0.2, 0.25) is 0 Å². The monoisotopic (exact) mass is 498 g/mol. The number of hydrogen-bond donors (Lipinski definition) is 0. The third kappa shape index (κ3) is 5.92.